The molecule has 1 aliphatic heterocycles. The molecular formula is C12H14BrNO. The second-order valence-electron chi connectivity index (χ2n) is 3.89. The van der Waals surface area contributed by atoms with E-state index in [4.69, 9.17) is 0 Å². The third kappa shape index (κ3) is 2.59. The first-order valence-corrected chi connectivity index (χ1v) is 6.15. The predicted molar refractivity (Wildman–Crippen MR) is 63.8 cm³/mol. The van der Waals surface area contributed by atoms with Crippen molar-refractivity contribution in [1.29, 1.82) is 0 Å². The van der Waals surface area contributed by atoms with Gasteiger partial charge < -0.3 is 5.32 Å². The Bertz CT molecular complexity index is 339. The van der Waals surface area contributed by atoms with Crippen molar-refractivity contribution in [2.75, 3.05) is 6.54 Å². The van der Waals surface area contributed by atoms with Crippen LogP contribution in [0.1, 0.15) is 23.2 Å². The number of amides is 1. The summed E-state index contributed by atoms with van der Waals surface area (Å²) < 4.78 is 0. The van der Waals surface area contributed by atoms with Crippen LogP contribution in [0.15, 0.2) is 30.3 Å². The molecule has 0 radical (unpaired) electrons. The monoisotopic (exact) mass is 267 g/mol. The molecule has 1 heterocycles. The molecule has 2 unspecified atom stereocenters. The van der Waals surface area contributed by atoms with Crippen LogP contribution in [-0.4, -0.2) is 12.5 Å². The SMILES string of the molecule is O=C1NCCC1CC(Br)c1ccccc1. The molecule has 0 saturated carbocycles. The first-order valence-electron chi connectivity index (χ1n) is 5.24. The second kappa shape index (κ2) is 4.79. The van der Waals surface area contributed by atoms with Gasteiger partial charge in [0.05, 0.1) is 0 Å². The van der Waals surface area contributed by atoms with Crippen LogP contribution in [0.25, 0.3) is 0 Å². The third-order valence-corrected chi connectivity index (χ3v) is 3.72. The van der Waals surface area contributed by atoms with Gasteiger partial charge in [0.1, 0.15) is 0 Å². The summed E-state index contributed by atoms with van der Waals surface area (Å²) >= 11 is 3.64. The van der Waals surface area contributed by atoms with Crippen LogP contribution in [0, 0.1) is 5.92 Å². The van der Waals surface area contributed by atoms with Crippen molar-refractivity contribution in [2.45, 2.75) is 17.7 Å². The normalized spacial score (nSPS) is 22.5. The molecule has 0 bridgehead atoms. The van der Waals surface area contributed by atoms with Crippen molar-refractivity contribution in [2.24, 2.45) is 5.92 Å². The van der Waals surface area contributed by atoms with Crippen molar-refractivity contribution >= 4 is 21.8 Å². The first kappa shape index (κ1) is 10.7. The molecule has 80 valence electrons. The maximum absolute atomic E-state index is 11.4. The average molecular weight is 268 g/mol. The molecule has 0 spiro atoms. The predicted octanol–water partition coefficient (Wildman–Crippen LogP) is 2.65. The number of benzene rings is 1. The number of carbonyl (C=O) groups excluding carboxylic acids is 1. The summed E-state index contributed by atoms with van der Waals surface area (Å²) in [5, 5.41) is 2.87. The Labute approximate surface area is 98.2 Å². The standard InChI is InChI=1S/C12H14BrNO/c13-11(9-4-2-1-3-5-9)8-10-6-7-14-12(10)15/h1-5,10-11H,6-8H2,(H,14,15). The van der Waals surface area contributed by atoms with Gasteiger partial charge in [-0.15, -0.1) is 0 Å². The van der Waals surface area contributed by atoms with Crippen LogP contribution in [0.2, 0.25) is 0 Å². The molecular weight excluding hydrogens is 254 g/mol. The Morgan fingerprint density at radius 1 is 1.40 bits per heavy atom. The summed E-state index contributed by atoms with van der Waals surface area (Å²) in [4.78, 5) is 11.7. The zero-order valence-corrected chi connectivity index (χ0v) is 10.0. The van der Waals surface area contributed by atoms with Gasteiger partial charge in [-0.05, 0) is 18.4 Å². The smallest absolute Gasteiger partial charge is 0.223 e. The third-order valence-electron chi connectivity index (χ3n) is 2.82. The number of hydrogen-bond acceptors (Lipinski definition) is 1. The molecule has 1 N–H and O–H groups in total. The van der Waals surface area contributed by atoms with Crippen molar-refractivity contribution in [3.63, 3.8) is 0 Å². The van der Waals surface area contributed by atoms with Crippen LogP contribution in [0.4, 0.5) is 0 Å². The lowest BCUT2D eigenvalue weighted by Crippen LogP contribution is -2.19. The fourth-order valence-corrected chi connectivity index (χ4v) is 2.67. The van der Waals surface area contributed by atoms with Crippen LogP contribution >= 0.6 is 15.9 Å². The highest BCUT2D eigenvalue weighted by Gasteiger charge is 2.26. The zero-order chi connectivity index (χ0) is 10.7. The van der Waals surface area contributed by atoms with E-state index in [1.807, 2.05) is 18.2 Å². The maximum atomic E-state index is 11.4. The Morgan fingerprint density at radius 2 is 2.13 bits per heavy atom. The van der Waals surface area contributed by atoms with Gasteiger partial charge in [0.25, 0.3) is 0 Å². The van der Waals surface area contributed by atoms with Crippen LogP contribution in [0.5, 0.6) is 0 Å². The number of hydrogen-bond donors (Lipinski definition) is 1. The van der Waals surface area contributed by atoms with E-state index in [9.17, 15) is 4.79 Å². The fourth-order valence-electron chi connectivity index (χ4n) is 1.92. The Kier molecular flexibility index (Phi) is 3.41. The van der Waals surface area contributed by atoms with Gasteiger partial charge in [0.15, 0.2) is 0 Å². The van der Waals surface area contributed by atoms with Crippen molar-refractivity contribution < 1.29 is 4.79 Å². The molecule has 1 aromatic rings. The number of rotatable bonds is 3. The van der Waals surface area contributed by atoms with E-state index in [2.05, 4.69) is 33.4 Å². The topological polar surface area (TPSA) is 29.1 Å². The lowest BCUT2D eigenvalue weighted by Gasteiger charge is -2.13. The molecule has 15 heavy (non-hydrogen) atoms. The van der Waals surface area contributed by atoms with Gasteiger partial charge in [-0.25, -0.2) is 0 Å². The summed E-state index contributed by atoms with van der Waals surface area (Å²) in [6, 6.07) is 10.2. The maximum Gasteiger partial charge on any atom is 0.223 e. The number of halogens is 1. The molecule has 1 aliphatic rings. The molecule has 3 heteroatoms. The Hall–Kier alpha value is -0.830. The summed E-state index contributed by atoms with van der Waals surface area (Å²) in [6.45, 7) is 0.831. The molecule has 0 aliphatic carbocycles. The number of nitrogens with one attached hydrogen (secondary N) is 1. The average Bonchev–Trinajstić information content (AvgIpc) is 2.66. The van der Waals surface area contributed by atoms with E-state index in [0.29, 0.717) is 0 Å². The molecule has 2 atom stereocenters. The molecule has 1 aromatic carbocycles. The minimum atomic E-state index is 0.176. The summed E-state index contributed by atoms with van der Waals surface area (Å²) in [6.07, 6.45) is 1.85. The van der Waals surface area contributed by atoms with E-state index < -0.39 is 0 Å². The molecule has 2 rings (SSSR count). The summed E-state index contributed by atoms with van der Waals surface area (Å²) in [7, 11) is 0. The van der Waals surface area contributed by atoms with E-state index >= 15 is 0 Å². The quantitative estimate of drug-likeness (QED) is 0.839. The van der Waals surface area contributed by atoms with E-state index in [1.54, 1.807) is 0 Å². The lowest BCUT2D eigenvalue weighted by atomic mass is 9.98. The van der Waals surface area contributed by atoms with Gasteiger partial charge in [0.2, 0.25) is 5.91 Å². The molecule has 0 aromatic heterocycles. The molecule has 1 amide bonds. The highest BCUT2D eigenvalue weighted by molar-refractivity contribution is 9.09. The second-order valence-corrected chi connectivity index (χ2v) is 5.00. The first-order chi connectivity index (χ1) is 7.27. The van der Waals surface area contributed by atoms with Crippen LogP contribution < -0.4 is 5.32 Å². The van der Waals surface area contributed by atoms with Crippen molar-refractivity contribution in [1.82, 2.24) is 5.32 Å². The van der Waals surface area contributed by atoms with Gasteiger partial charge >= 0.3 is 0 Å². The highest BCUT2D eigenvalue weighted by Crippen LogP contribution is 2.31. The Balaban J connectivity index is 1.98. The largest absolute Gasteiger partial charge is 0.356 e. The van der Waals surface area contributed by atoms with E-state index in [0.717, 1.165) is 19.4 Å². The van der Waals surface area contributed by atoms with Gasteiger partial charge in [-0.1, -0.05) is 46.3 Å². The molecule has 1 fully saturated rings. The minimum Gasteiger partial charge on any atom is -0.356 e. The fraction of sp³-hybridized carbons (Fsp3) is 0.417. The summed E-state index contributed by atoms with van der Waals surface area (Å²) in [5.41, 5.74) is 1.25. The minimum absolute atomic E-state index is 0.176. The number of alkyl halides is 1. The van der Waals surface area contributed by atoms with E-state index in [-0.39, 0.29) is 16.7 Å². The number of carbonyl (C=O) groups is 1. The van der Waals surface area contributed by atoms with Gasteiger partial charge in [-0.3, -0.25) is 4.79 Å². The highest BCUT2D eigenvalue weighted by atomic mass is 79.9. The van der Waals surface area contributed by atoms with Crippen molar-refractivity contribution in [3.05, 3.63) is 35.9 Å². The van der Waals surface area contributed by atoms with Crippen LogP contribution in [0.3, 0.4) is 0 Å². The summed E-state index contributed by atoms with van der Waals surface area (Å²) in [5.74, 6) is 0.380. The zero-order valence-electron chi connectivity index (χ0n) is 8.45. The van der Waals surface area contributed by atoms with Crippen LogP contribution in [-0.2, 0) is 4.79 Å². The van der Waals surface area contributed by atoms with Crippen molar-refractivity contribution in [3.8, 4) is 0 Å². The lowest BCUT2D eigenvalue weighted by molar-refractivity contribution is -0.122. The molecule has 1 saturated heterocycles. The molecule has 2 nitrogen and oxygen atoms in total. The van der Waals surface area contributed by atoms with Gasteiger partial charge in [-0.2, -0.15) is 0 Å². The van der Waals surface area contributed by atoms with E-state index in [1.165, 1.54) is 5.56 Å². The Morgan fingerprint density at radius 3 is 2.73 bits per heavy atom. The van der Waals surface area contributed by atoms with Gasteiger partial charge in [0, 0.05) is 17.3 Å².